The van der Waals surface area contributed by atoms with E-state index in [0.717, 1.165) is 15.6 Å². The van der Waals surface area contributed by atoms with Gasteiger partial charge in [-0.2, -0.15) is 17.9 Å². The van der Waals surface area contributed by atoms with Crippen LogP contribution in [-0.4, -0.2) is 39.3 Å². The van der Waals surface area contributed by atoms with E-state index in [4.69, 9.17) is 4.84 Å². The highest BCUT2D eigenvalue weighted by Crippen LogP contribution is 2.31. The maximum atomic E-state index is 13.0. The molecule has 0 saturated heterocycles. The lowest BCUT2D eigenvalue weighted by Gasteiger charge is -2.14. The summed E-state index contributed by atoms with van der Waals surface area (Å²) in [6.07, 6.45) is -1.31. The Hall–Kier alpha value is -4.21. The molecule has 10 heteroatoms. The van der Waals surface area contributed by atoms with E-state index in [0.29, 0.717) is 29.8 Å². The monoisotopic (exact) mass is 466 g/mol. The largest absolute Gasteiger partial charge is 0.493 e. The smallest absolute Gasteiger partial charge is 0.352 e. The minimum atomic E-state index is -5.19. The number of amides is 1. The molecule has 5 rings (SSSR count). The Labute approximate surface area is 191 Å². The van der Waals surface area contributed by atoms with Crippen LogP contribution in [0, 0.1) is 0 Å². The fraction of sp³-hybridized carbons (Fsp3) is 0.167. The van der Waals surface area contributed by atoms with Crippen molar-refractivity contribution in [1.29, 1.82) is 0 Å². The Bertz CT molecular complexity index is 1430. The van der Waals surface area contributed by atoms with E-state index in [9.17, 15) is 22.8 Å². The molecule has 0 aliphatic carbocycles. The van der Waals surface area contributed by atoms with Crippen molar-refractivity contribution in [2.24, 2.45) is 0 Å². The van der Waals surface area contributed by atoms with Gasteiger partial charge in [-0.15, -0.1) is 0 Å². The number of pyridine rings is 2. The van der Waals surface area contributed by atoms with Gasteiger partial charge in [0, 0.05) is 35.5 Å². The summed E-state index contributed by atoms with van der Waals surface area (Å²) in [4.78, 5) is 37.7. The number of rotatable bonds is 3. The van der Waals surface area contributed by atoms with Gasteiger partial charge in [-0.1, -0.05) is 18.2 Å². The number of hydrogen-bond donors (Lipinski definition) is 1. The molecule has 0 fully saturated rings. The van der Waals surface area contributed by atoms with Gasteiger partial charge in [0.05, 0.1) is 28.2 Å². The highest BCUT2D eigenvalue weighted by atomic mass is 19.4. The molecule has 34 heavy (non-hydrogen) atoms. The first kappa shape index (κ1) is 21.6. The lowest BCUT2D eigenvalue weighted by molar-refractivity contribution is -0.199. The molecule has 0 spiro atoms. The molecule has 0 saturated carbocycles. The molecule has 4 heterocycles. The summed E-state index contributed by atoms with van der Waals surface area (Å²) in [7, 11) is 0. The van der Waals surface area contributed by atoms with Crippen LogP contribution in [0.15, 0.2) is 60.9 Å². The number of fused-ring (bicyclic) bond motifs is 2. The predicted molar refractivity (Wildman–Crippen MR) is 117 cm³/mol. The van der Waals surface area contributed by atoms with Crippen LogP contribution < -0.4 is 10.2 Å². The van der Waals surface area contributed by atoms with Gasteiger partial charge in [-0.05, 0) is 43.2 Å². The number of aromatic nitrogens is 3. The van der Waals surface area contributed by atoms with Crippen LogP contribution in [0.5, 0.6) is 0 Å². The molecule has 0 atom stereocenters. The van der Waals surface area contributed by atoms with E-state index in [2.05, 4.69) is 15.3 Å². The first-order chi connectivity index (χ1) is 16.3. The standard InChI is InChI=1S/C24H17F3N4O3/c25-24(26,27)23(33)34-31-20-6-3-8-29-22(32)17(20)12-21(31)15-7-9-28-19(11-15)16-10-14-4-1-2-5-18(14)30-13-16/h1-2,4-5,7,9-13H,3,6,8H2,(H,29,32). The number of carbonyl (C=O) groups excluding carboxylic acids is 2. The Morgan fingerprint density at radius 2 is 1.88 bits per heavy atom. The van der Waals surface area contributed by atoms with Crippen LogP contribution in [0.4, 0.5) is 13.2 Å². The molecule has 3 aromatic heterocycles. The second-order valence-corrected chi connectivity index (χ2v) is 7.77. The van der Waals surface area contributed by atoms with Gasteiger partial charge in [0.1, 0.15) is 0 Å². The van der Waals surface area contributed by atoms with E-state index < -0.39 is 18.1 Å². The molecule has 1 N–H and O–H groups in total. The topological polar surface area (TPSA) is 86.1 Å². The van der Waals surface area contributed by atoms with Gasteiger partial charge in [-0.3, -0.25) is 14.8 Å². The van der Waals surface area contributed by atoms with E-state index in [1.54, 1.807) is 18.3 Å². The van der Waals surface area contributed by atoms with Crippen molar-refractivity contribution in [2.45, 2.75) is 19.0 Å². The summed E-state index contributed by atoms with van der Waals surface area (Å²) >= 11 is 0. The quantitative estimate of drug-likeness (QED) is 0.494. The van der Waals surface area contributed by atoms with Crippen molar-refractivity contribution < 1.29 is 27.6 Å². The summed E-state index contributed by atoms with van der Waals surface area (Å²) in [6.45, 7) is 0.366. The molecule has 172 valence electrons. The number of halogens is 3. The van der Waals surface area contributed by atoms with Crippen molar-refractivity contribution in [1.82, 2.24) is 20.0 Å². The Morgan fingerprint density at radius 3 is 2.71 bits per heavy atom. The number of benzene rings is 1. The predicted octanol–water partition coefficient (Wildman–Crippen LogP) is 3.96. The number of hydrogen-bond acceptors (Lipinski definition) is 5. The molecular formula is C24H17F3N4O3. The van der Waals surface area contributed by atoms with E-state index in [-0.39, 0.29) is 23.4 Å². The molecule has 0 unspecified atom stereocenters. The summed E-state index contributed by atoms with van der Waals surface area (Å²) in [5.41, 5.74) is 2.95. The van der Waals surface area contributed by atoms with Gasteiger partial charge >= 0.3 is 12.1 Å². The molecule has 0 bridgehead atoms. The van der Waals surface area contributed by atoms with E-state index in [1.165, 1.54) is 12.3 Å². The Balaban J connectivity index is 1.62. The number of nitrogens with zero attached hydrogens (tertiary/aromatic N) is 3. The zero-order valence-electron chi connectivity index (χ0n) is 17.6. The highest BCUT2D eigenvalue weighted by Gasteiger charge is 2.43. The van der Waals surface area contributed by atoms with Gasteiger partial charge in [0.15, 0.2) is 0 Å². The minimum Gasteiger partial charge on any atom is -0.352 e. The van der Waals surface area contributed by atoms with Crippen molar-refractivity contribution in [3.63, 3.8) is 0 Å². The van der Waals surface area contributed by atoms with Gasteiger partial charge in [0.2, 0.25) is 0 Å². The average molecular weight is 466 g/mol. The lowest BCUT2D eigenvalue weighted by Crippen LogP contribution is -2.34. The third-order valence-electron chi connectivity index (χ3n) is 5.52. The van der Waals surface area contributed by atoms with Crippen LogP contribution in [0.2, 0.25) is 0 Å². The normalized spacial score (nSPS) is 13.8. The zero-order valence-corrected chi connectivity index (χ0v) is 17.6. The second kappa shape index (κ2) is 8.29. The van der Waals surface area contributed by atoms with Crippen LogP contribution in [-0.2, 0) is 11.2 Å². The number of nitrogens with one attached hydrogen (secondary N) is 1. The fourth-order valence-corrected chi connectivity index (χ4v) is 3.92. The molecule has 4 aromatic rings. The lowest BCUT2D eigenvalue weighted by atomic mass is 10.1. The van der Waals surface area contributed by atoms with Crippen LogP contribution in [0.25, 0.3) is 33.4 Å². The van der Waals surface area contributed by atoms with E-state index in [1.807, 2.05) is 30.3 Å². The Kier molecular flexibility index (Phi) is 5.27. The maximum absolute atomic E-state index is 13.0. The average Bonchev–Trinajstić information content (AvgIpc) is 3.08. The molecule has 1 aromatic carbocycles. The first-order valence-electron chi connectivity index (χ1n) is 10.4. The molecule has 1 amide bonds. The van der Waals surface area contributed by atoms with Crippen molar-refractivity contribution >= 4 is 22.8 Å². The third kappa shape index (κ3) is 3.98. The molecule has 7 nitrogen and oxygen atoms in total. The van der Waals surface area contributed by atoms with Gasteiger partial charge in [-0.25, -0.2) is 4.79 Å². The highest BCUT2D eigenvalue weighted by molar-refractivity contribution is 5.97. The summed E-state index contributed by atoms with van der Waals surface area (Å²) in [5, 5.41) is 3.60. The molecule has 1 aliphatic heterocycles. The molecular weight excluding hydrogens is 449 g/mol. The van der Waals surface area contributed by atoms with Gasteiger partial charge < -0.3 is 10.2 Å². The van der Waals surface area contributed by atoms with Gasteiger partial charge in [0.25, 0.3) is 5.91 Å². The summed E-state index contributed by atoms with van der Waals surface area (Å²) in [6, 6.07) is 14.1. The van der Waals surface area contributed by atoms with E-state index >= 15 is 0 Å². The van der Waals surface area contributed by atoms with Crippen LogP contribution in [0.3, 0.4) is 0 Å². The minimum absolute atomic E-state index is 0.136. The van der Waals surface area contributed by atoms with Crippen LogP contribution >= 0.6 is 0 Å². The zero-order chi connectivity index (χ0) is 23.9. The second-order valence-electron chi connectivity index (χ2n) is 7.77. The third-order valence-corrected chi connectivity index (χ3v) is 5.52. The number of carbonyl (C=O) groups is 2. The SMILES string of the molecule is O=C1NCCCc2c1cc(-c1ccnc(-c3cnc4ccccc4c3)c1)n2OC(=O)C(F)(F)F. The summed E-state index contributed by atoms with van der Waals surface area (Å²) in [5.74, 6) is -2.81. The molecule has 0 radical (unpaired) electrons. The van der Waals surface area contributed by atoms with Crippen LogP contribution in [0.1, 0.15) is 22.5 Å². The fourth-order valence-electron chi connectivity index (χ4n) is 3.92. The number of para-hydroxylation sites is 1. The van der Waals surface area contributed by atoms with Crippen molar-refractivity contribution in [3.05, 3.63) is 72.2 Å². The maximum Gasteiger partial charge on any atom is 0.493 e. The first-order valence-corrected chi connectivity index (χ1v) is 10.4. The summed E-state index contributed by atoms with van der Waals surface area (Å²) < 4.78 is 39.8. The number of alkyl halides is 3. The van der Waals surface area contributed by atoms with Crippen molar-refractivity contribution in [2.75, 3.05) is 6.54 Å². The molecule has 1 aliphatic rings. The van der Waals surface area contributed by atoms with Crippen molar-refractivity contribution in [3.8, 4) is 22.5 Å². The Morgan fingerprint density at radius 1 is 1.06 bits per heavy atom.